The average molecular weight is 336 g/mol. The van der Waals surface area contributed by atoms with Crippen LogP contribution >= 0.6 is 0 Å². The maximum absolute atomic E-state index is 12.3. The highest BCUT2D eigenvalue weighted by atomic mass is 16.5. The van der Waals surface area contributed by atoms with E-state index < -0.39 is 0 Å². The molecular formula is C17H24N2O5. The Morgan fingerprint density at radius 3 is 2.75 bits per heavy atom. The Hall–Kier alpha value is -2.28. The molecule has 0 unspecified atom stereocenters. The van der Waals surface area contributed by atoms with Gasteiger partial charge in [-0.1, -0.05) is 0 Å². The number of likely N-dealkylation sites (tertiary alicyclic amines) is 1. The van der Waals surface area contributed by atoms with Gasteiger partial charge in [-0.2, -0.15) is 0 Å². The largest absolute Gasteiger partial charge is 0.497 e. The normalized spacial score (nSPS) is 17.0. The van der Waals surface area contributed by atoms with E-state index in [-0.39, 0.29) is 24.2 Å². The zero-order valence-electron chi connectivity index (χ0n) is 14.3. The second-order valence-corrected chi connectivity index (χ2v) is 5.63. The van der Waals surface area contributed by atoms with Gasteiger partial charge < -0.3 is 24.4 Å². The third-order valence-electron chi connectivity index (χ3n) is 4.09. The molecule has 2 amide bonds. The summed E-state index contributed by atoms with van der Waals surface area (Å²) in [4.78, 5) is 25.9. The van der Waals surface area contributed by atoms with Crippen LogP contribution in [0.2, 0.25) is 0 Å². The number of benzene rings is 1. The van der Waals surface area contributed by atoms with E-state index in [1.54, 1.807) is 38.4 Å². The Morgan fingerprint density at radius 1 is 1.29 bits per heavy atom. The summed E-state index contributed by atoms with van der Waals surface area (Å²) in [6.07, 6.45) is 0.241. The summed E-state index contributed by atoms with van der Waals surface area (Å²) in [5.41, 5.74) is 0.825. The Balaban J connectivity index is 1.93. The second-order valence-electron chi connectivity index (χ2n) is 5.63. The summed E-state index contributed by atoms with van der Waals surface area (Å²) in [6, 6.07) is 5.42. The smallest absolute Gasteiger partial charge is 0.225 e. The van der Waals surface area contributed by atoms with Crippen LogP contribution in [0.5, 0.6) is 11.5 Å². The van der Waals surface area contributed by atoms with Crippen LogP contribution in [-0.4, -0.2) is 57.7 Å². The van der Waals surface area contributed by atoms with Crippen molar-refractivity contribution >= 4 is 11.8 Å². The lowest BCUT2D eigenvalue weighted by Crippen LogP contribution is -2.33. The van der Waals surface area contributed by atoms with E-state index in [4.69, 9.17) is 14.2 Å². The topological polar surface area (TPSA) is 77.1 Å². The molecule has 132 valence electrons. The second kappa shape index (κ2) is 8.54. The van der Waals surface area contributed by atoms with Gasteiger partial charge in [0.2, 0.25) is 11.8 Å². The van der Waals surface area contributed by atoms with Gasteiger partial charge in [-0.3, -0.25) is 9.59 Å². The van der Waals surface area contributed by atoms with Crippen molar-refractivity contribution in [2.45, 2.75) is 13.0 Å². The Morgan fingerprint density at radius 2 is 2.08 bits per heavy atom. The fourth-order valence-electron chi connectivity index (χ4n) is 2.71. The summed E-state index contributed by atoms with van der Waals surface area (Å²) < 4.78 is 15.5. The summed E-state index contributed by atoms with van der Waals surface area (Å²) in [5, 5.41) is 2.88. The van der Waals surface area contributed by atoms with Crippen molar-refractivity contribution in [3.8, 4) is 11.5 Å². The summed E-state index contributed by atoms with van der Waals surface area (Å²) in [6.45, 7) is 1.75. The lowest BCUT2D eigenvalue weighted by Gasteiger charge is -2.16. The van der Waals surface area contributed by atoms with Gasteiger partial charge in [0.15, 0.2) is 0 Å². The number of ether oxygens (including phenoxy) is 3. The number of amides is 2. The SMILES string of the molecule is COCCN1C[C@H](C(=O)NCc2cc(OC)ccc2OC)CC1=O. The molecule has 0 saturated carbocycles. The minimum atomic E-state index is -0.328. The molecular weight excluding hydrogens is 312 g/mol. The van der Waals surface area contributed by atoms with Crippen LogP contribution in [0.25, 0.3) is 0 Å². The van der Waals surface area contributed by atoms with Crippen LogP contribution in [0, 0.1) is 5.92 Å². The predicted molar refractivity (Wildman–Crippen MR) is 88.0 cm³/mol. The van der Waals surface area contributed by atoms with Crippen LogP contribution in [0.1, 0.15) is 12.0 Å². The van der Waals surface area contributed by atoms with Crippen molar-refractivity contribution in [1.29, 1.82) is 0 Å². The summed E-state index contributed by atoms with van der Waals surface area (Å²) in [5.74, 6) is 0.910. The van der Waals surface area contributed by atoms with Gasteiger partial charge in [-0.05, 0) is 18.2 Å². The quantitative estimate of drug-likeness (QED) is 0.760. The summed E-state index contributed by atoms with van der Waals surface area (Å²) in [7, 11) is 4.76. The molecule has 0 spiro atoms. The maximum Gasteiger partial charge on any atom is 0.225 e. The first-order chi connectivity index (χ1) is 11.6. The molecule has 1 heterocycles. The molecule has 1 aromatic rings. The molecule has 0 bridgehead atoms. The Bertz CT molecular complexity index is 590. The number of carbonyl (C=O) groups excluding carboxylic acids is 2. The van der Waals surface area contributed by atoms with Gasteiger partial charge in [0.1, 0.15) is 11.5 Å². The zero-order chi connectivity index (χ0) is 17.5. The Labute approximate surface area is 141 Å². The molecule has 1 aliphatic heterocycles. The van der Waals surface area contributed by atoms with Gasteiger partial charge in [0, 0.05) is 38.7 Å². The fraction of sp³-hybridized carbons (Fsp3) is 0.529. The van der Waals surface area contributed by atoms with Crippen molar-refractivity contribution in [3.05, 3.63) is 23.8 Å². The highest BCUT2D eigenvalue weighted by Gasteiger charge is 2.33. The highest BCUT2D eigenvalue weighted by Crippen LogP contribution is 2.24. The van der Waals surface area contributed by atoms with Gasteiger partial charge >= 0.3 is 0 Å². The van der Waals surface area contributed by atoms with Gasteiger partial charge in [0.25, 0.3) is 0 Å². The number of carbonyl (C=O) groups is 2. The number of nitrogens with zero attached hydrogens (tertiary/aromatic N) is 1. The standard InChI is InChI=1S/C17H24N2O5/c1-22-7-6-19-11-13(9-16(19)20)17(21)18-10-12-8-14(23-2)4-5-15(12)24-3/h4-5,8,13H,6-7,9-11H2,1-3H3,(H,18,21)/t13-/m1/s1. The van der Waals surface area contributed by atoms with Crippen molar-refractivity contribution < 1.29 is 23.8 Å². The minimum absolute atomic E-state index is 0.00818. The molecule has 24 heavy (non-hydrogen) atoms. The van der Waals surface area contributed by atoms with E-state index in [2.05, 4.69) is 5.32 Å². The molecule has 0 aliphatic carbocycles. The van der Waals surface area contributed by atoms with Gasteiger partial charge in [-0.25, -0.2) is 0 Å². The number of methoxy groups -OCH3 is 3. The van der Waals surface area contributed by atoms with E-state index in [0.717, 1.165) is 5.56 Å². The molecule has 1 aromatic carbocycles. The molecule has 1 aliphatic rings. The first-order valence-electron chi connectivity index (χ1n) is 7.84. The van der Waals surface area contributed by atoms with Crippen LogP contribution in [0.3, 0.4) is 0 Å². The van der Waals surface area contributed by atoms with Crippen molar-refractivity contribution in [3.63, 3.8) is 0 Å². The highest BCUT2D eigenvalue weighted by molar-refractivity contribution is 5.89. The zero-order valence-corrected chi connectivity index (χ0v) is 14.3. The van der Waals surface area contributed by atoms with Crippen LogP contribution in [-0.2, 0) is 20.9 Å². The van der Waals surface area contributed by atoms with Gasteiger partial charge in [-0.15, -0.1) is 0 Å². The van der Waals surface area contributed by atoms with Crippen LogP contribution < -0.4 is 14.8 Å². The van der Waals surface area contributed by atoms with E-state index in [1.807, 2.05) is 6.07 Å². The number of rotatable bonds is 8. The van der Waals surface area contributed by atoms with E-state index in [1.165, 1.54) is 0 Å². The number of nitrogens with one attached hydrogen (secondary N) is 1. The molecule has 1 atom stereocenters. The van der Waals surface area contributed by atoms with E-state index in [9.17, 15) is 9.59 Å². The molecule has 1 fully saturated rings. The first-order valence-corrected chi connectivity index (χ1v) is 7.84. The van der Waals surface area contributed by atoms with Crippen molar-refractivity contribution in [1.82, 2.24) is 10.2 Å². The third kappa shape index (κ3) is 4.38. The molecule has 2 rings (SSSR count). The third-order valence-corrected chi connectivity index (χ3v) is 4.09. The lowest BCUT2D eigenvalue weighted by atomic mass is 10.1. The molecule has 7 heteroatoms. The molecule has 7 nitrogen and oxygen atoms in total. The predicted octanol–water partition coefficient (Wildman–Crippen LogP) is 0.815. The van der Waals surface area contributed by atoms with Gasteiger partial charge in [0.05, 0.1) is 26.7 Å². The van der Waals surface area contributed by atoms with Crippen LogP contribution in [0.4, 0.5) is 0 Å². The minimum Gasteiger partial charge on any atom is -0.497 e. The monoisotopic (exact) mass is 336 g/mol. The van der Waals surface area contributed by atoms with Crippen molar-refractivity contribution in [2.24, 2.45) is 5.92 Å². The molecule has 0 aromatic heterocycles. The average Bonchev–Trinajstić information content (AvgIpc) is 2.98. The van der Waals surface area contributed by atoms with E-state index in [0.29, 0.717) is 37.7 Å². The Kier molecular flexibility index (Phi) is 6.43. The van der Waals surface area contributed by atoms with Crippen molar-refractivity contribution in [2.75, 3.05) is 41.0 Å². The number of hydrogen-bond donors (Lipinski definition) is 1. The number of hydrogen-bond acceptors (Lipinski definition) is 5. The van der Waals surface area contributed by atoms with Crippen LogP contribution in [0.15, 0.2) is 18.2 Å². The molecule has 0 radical (unpaired) electrons. The molecule has 1 saturated heterocycles. The maximum atomic E-state index is 12.3. The summed E-state index contributed by atoms with van der Waals surface area (Å²) >= 11 is 0. The molecule has 1 N–H and O–H groups in total. The lowest BCUT2D eigenvalue weighted by molar-refractivity contribution is -0.129. The fourth-order valence-corrected chi connectivity index (χ4v) is 2.71. The van der Waals surface area contributed by atoms with E-state index >= 15 is 0 Å². The first kappa shape index (κ1) is 18.1.